The molecule has 3 N–H and O–H groups in total. The number of primary amides is 1. The number of hydrogen-bond donors (Lipinski definition) is 2. The van der Waals surface area contributed by atoms with Crippen molar-refractivity contribution in [3.8, 4) is 0 Å². The molecule has 1 saturated carbocycles. The van der Waals surface area contributed by atoms with Crippen LogP contribution in [0.3, 0.4) is 0 Å². The number of alkyl halides is 4. The summed E-state index contributed by atoms with van der Waals surface area (Å²) in [5, 5.41) is 0.00516. The quantitative estimate of drug-likeness (QED) is 0.540. The molecule has 4 rings (SSSR count). The SMILES string of the molecule is CC1=C([C@@H]2CCC(F)(F)CC2c2cc(=O)c3c(C(N)=O)nccc3[nH]2)CCC(F)(F)C1. The molecule has 31 heavy (non-hydrogen) atoms. The van der Waals surface area contributed by atoms with Crippen LogP contribution < -0.4 is 11.2 Å². The number of carbonyl (C=O) groups is 1. The summed E-state index contributed by atoms with van der Waals surface area (Å²) in [5.74, 6) is -7.66. The van der Waals surface area contributed by atoms with Crippen molar-refractivity contribution < 1.29 is 22.4 Å². The second kappa shape index (κ2) is 7.46. The molecule has 0 radical (unpaired) electrons. The molecule has 0 bridgehead atoms. The molecular formula is C22H23F4N3O2. The number of hydrogen-bond acceptors (Lipinski definition) is 3. The third-order valence-corrected chi connectivity index (χ3v) is 6.50. The number of aromatic nitrogens is 2. The fourth-order valence-electron chi connectivity index (χ4n) is 5.11. The predicted octanol–water partition coefficient (Wildman–Crippen LogP) is 4.68. The van der Waals surface area contributed by atoms with E-state index in [4.69, 9.17) is 5.73 Å². The average Bonchev–Trinajstić information content (AvgIpc) is 2.67. The van der Waals surface area contributed by atoms with E-state index in [1.165, 1.54) is 18.3 Å². The Balaban J connectivity index is 1.82. The molecule has 2 aromatic heterocycles. The first-order chi connectivity index (χ1) is 14.5. The van der Waals surface area contributed by atoms with Crippen molar-refractivity contribution in [3.05, 3.63) is 51.1 Å². The molecular weight excluding hydrogens is 414 g/mol. The predicted molar refractivity (Wildman–Crippen MR) is 107 cm³/mol. The molecule has 2 aromatic rings. The summed E-state index contributed by atoms with van der Waals surface area (Å²) in [6.45, 7) is 1.64. The monoisotopic (exact) mass is 437 g/mol. The summed E-state index contributed by atoms with van der Waals surface area (Å²) in [7, 11) is 0. The number of nitrogens with zero attached hydrogens (tertiary/aromatic N) is 1. The lowest BCUT2D eigenvalue weighted by atomic mass is 9.68. The minimum Gasteiger partial charge on any atom is -0.364 e. The highest BCUT2D eigenvalue weighted by Crippen LogP contribution is 2.51. The highest BCUT2D eigenvalue weighted by molar-refractivity contribution is 6.03. The third-order valence-electron chi connectivity index (χ3n) is 6.50. The number of H-pyrrole nitrogens is 1. The van der Waals surface area contributed by atoms with E-state index >= 15 is 0 Å². The molecule has 5 nitrogen and oxygen atoms in total. The second-order valence-corrected chi connectivity index (χ2v) is 8.69. The lowest BCUT2D eigenvalue weighted by Crippen LogP contribution is -2.35. The number of carbonyl (C=O) groups excluding carboxylic acids is 1. The van der Waals surface area contributed by atoms with Gasteiger partial charge in [0.15, 0.2) is 5.43 Å². The zero-order chi connectivity index (χ0) is 22.6. The molecule has 0 saturated heterocycles. The van der Waals surface area contributed by atoms with E-state index in [9.17, 15) is 27.2 Å². The maximum Gasteiger partial charge on any atom is 0.268 e. The fraction of sp³-hybridized carbons (Fsp3) is 0.500. The van der Waals surface area contributed by atoms with Gasteiger partial charge in [-0.2, -0.15) is 0 Å². The van der Waals surface area contributed by atoms with Crippen LogP contribution in [0.5, 0.6) is 0 Å². The molecule has 0 spiro atoms. The van der Waals surface area contributed by atoms with E-state index in [1.54, 1.807) is 6.92 Å². The summed E-state index contributed by atoms with van der Waals surface area (Å²) in [5.41, 5.74) is 6.49. The highest BCUT2D eigenvalue weighted by atomic mass is 19.3. The lowest BCUT2D eigenvalue weighted by Gasteiger charge is -2.40. The minimum atomic E-state index is -2.92. The van der Waals surface area contributed by atoms with E-state index in [-0.39, 0.29) is 54.6 Å². The van der Waals surface area contributed by atoms with E-state index in [0.29, 0.717) is 11.3 Å². The van der Waals surface area contributed by atoms with Crippen LogP contribution in [0.4, 0.5) is 17.6 Å². The van der Waals surface area contributed by atoms with Crippen LogP contribution in [0.25, 0.3) is 10.9 Å². The van der Waals surface area contributed by atoms with Gasteiger partial charge in [-0.1, -0.05) is 11.1 Å². The maximum absolute atomic E-state index is 14.4. The fourth-order valence-corrected chi connectivity index (χ4v) is 5.11. The number of nitrogens with one attached hydrogen (secondary N) is 1. The Morgan fingerprint density at radius 2 is 1.94 bits per heavy atom. The van der Waals surface area contributed by atoms with Crippen molar-refractivity contribution in [2.45, 2.75) is 63.2 Å². The average molecular weight is 437 g/mol. The number of rotatable bonds is 3. The smallest absolute Gasteiger partial charge is 0.268 e. The van der Waals surface area contributed by atoms with Gasteiger partial charge in [-0.25, -0.2) is 17.6 Å². The number of halogens is 4. The number of aromatic amines is 1. The van der Waals surface area contributed by atoms with E-state index in [2.05, 4.69) is 9.97 Å². The van der Waals surface area contributed by atoms with E-state index in [1.807, 2.05) is 0 Å². The van der Waals surface area contributed by atoms with Crippen LogP contribution in [-0.4, -0.2) is 27.7 Å². The normalized spacial score (nSPS) is 25.6. The van der Waals surface area contributed by atoms with E-state index < -0.39 is 35.5 Å². The Morgan fingerprint density at radius 3 is 2.61 bits per heavy atom. The van der Waals surface area contributed by atoms with Gasteiger partial charge in [0, 0.05) is 49.6 Å². The Morgan fingerprint density at radius 1 is 1.19 bits per heavy atom. The van der Waals surface area contributed by atoms with Crippen LogP contribution in [0.2, 0.25) is 0 Å². The molecule has 166 valence electrons. The Bertz CT molecular complexity index is 1140. The summed E-state index contributed by atoms with van der Waals surface area (Å²) in [6, 6.07) is 2.69. The van der Waals surface area contributed by atoms with Crippen LogP contribution in [-0.2, 0) is 0 Å². The number of nitrogens with two attached hydrogens (primary N) is 1. The molecule has 9 heteroatoms. The summed E-state index contributed by atoms with van der Waals surface area (Å²) in [4.78, 5) is 31.3. The van der Waals surface area contributed by atoms with Gasteiger partial charge >= 0.3 is 0 Å². The molecule has 1 unspecified atom stereocenters. The van der Waals surface area contributed by atoms with E-state index in [0.717, 1.165) is 5.57 Å². The van der Waals surface area contributed by atoms with Crippen LogP contribution in [0.15, 0.2) is 34.3 Å². The van der Waals surface area contributed by atoms with Crippen molar-refractivity contribution in [1.29, 1.82) is 0 Å². The highest BCUT2D eigenvalue weighted by Gasteiger charge is 2.46. The summed E-state index contributed by atoms with van der Waals surface area (Å²) >= 11 is 0. The molecule has 1 amide bonds. The van der Waals surface area contributed by atoms with Crippen LogP contribution in [0.1, 0.15) is 67.5 Å². The van der Waals surface area contributed by atoms with Crippen LogP contribution in [0, 0.1) is 5.92 Å². The first-order valence-corrected chi connectivity index (χ1v) is 10.2. The van der Waals surface area contributed by atoms with Crippen molar-refractivity contribution in [3.63, 3.8) is 0 Å². The zero-order valence-electron chi connectivity index (χ0n) is 17.0. The molecule has 2 aliphatic rings. The van der Waals surface area contributed by atoms with Gasteiger partial charge in [0.1, 0.15) is 5.69 Å². The Labute approximate surface area is 175 Å². The van der Waals surface area contributed by atoms with Gasteiger partial charge in [0.05, 0.1) is 10.9 Å². The first-order valence-electron chi connectivity index (χ1n) is 10.2. The van der Waals surface area contributed by atoms with Crippen molar-refractivity contribution in [2.24, 2.45) is 11.7 Å². The lowest BCUT2D eigenvalue weighted by molar-refractivity contribution is -0.0539. The molecule has 2 aliphatic carbocycles. The maximum atomic E-state index is 14.4. The largest absolute Gasteiger partial charge is 0.364 e. The molecule has 0 aliphatic heterocycles. The van der Waals surface area contributed by atoms with Crippen LogP contribution >= 0.6 is 0 Å². The van der Waals surface area contributed by atoms with Gasteiger partial charge in [0.2, 0.25) is 5.92 Å². The summed E-state index contributed by atoms with van der Waals surface area (Å²) in [6.07, 6.45) is 0.128. The standard InChI is InChI=1S/C22H23F4N3O2/c1-11-9-21(23,24)5-2-12(11)13-3-6-22(25,26)10-14(13)16-8-17(30)18-15(29-16)4-7-28-19(18)20(27)31/h4,7-8,13-14H,2-3,5-6,9-10H2,1H3,(H2,27,31)(H,29,30)/t13-,14?/m0/s1. The number of amides is 1. The summed E-state index contributed by atoms with van der Waals surface area (Å²) < 4.78 is 56.4. The zero-order valence-corrected chi connectivity index (χ0v) is 17.0. The van der Waals surface area contributed by atoms with Crippen molar-refractivity contribution in [1.82, 2.24) is 9.97 Å². The van der Waals surface area contributed by atoms with Crippen molar-refractivity contribution >= 4 is 16.8 Å². The minimum absolute atomic E-state index is 0.00516. The first kappa shape index (κ1) is 21.5. The third kappa shape index (κ3) is 4.09. The topological polar surface area (TPSA) is 88.8 Å². The Hall–Kier alpha value is -2.71. The van der Waals surface area contributed by atoms with Gasteiger partial charge in [-0.15, -0.1) is 0 Å². The number of pyridine rings is 2. The molecule has 2 heterocycles. The van der Waals surface area contributed by atoms with Gasteiger partial charge in [0.25, 0.3) is 11.8 Å². The Kier molecular flexibility index (Phi) is 5.18. The van der Waals surface area contributed by atoms with Gasteiger partial charge < -0.3 is 10.7 Å². The van der Waals surface area contributed by atoms with Gasteiger partial charge in [-0.05, 0) is 31.7 Å². The number of allylic oxidation sites excluding steroid dienone is 2. The second-order valence-electron chi connectivity index (χ2n) is 8.69. The number of fused-ring (bicyclic) bond motifs is 1. The van der Waals surface area contributed by atoms with Crippen molar-refractivity contribution in [2.75, 3.05) is 0 Å². The van der Waals surface area contributed by atoms with Gasteiger partial charge in [-0.3, -0.25) is 14.6 Å². The molecule has 2 atom stereocenters. The molecule has 0 aromatic carbocycles. The molecule has 1 fully saturated rings.